The van der Waals surface area contributed by atoms with Gasteiger partial charge in [0, 0.05) is 0 Å². The molecule has 0 aromatic heterocycles. The molecule has 0 saturated heterocycles. The molecule has 0 bridgehead atoms. The second kappa shape index (κ2) is 13.1. The van der Waals surface area contributed by atoms with Gasteiger partial charge in [0.2, 0.25) is 0 Å². The molecule has 0 spiro atoms. The van der Waals surface area contributed by atoms with Gasteiger partial charge in [0.05, 0.1) is 0 Å². The zero-order valence-corrected chi connectivity index (χ0v) is 27.3. The van der Waals surface area contributed by atoms with E-state index < -0.39 is 8.07 Å². The minimum atomic E-state index is -2.58. The van der Waals surface area contributed by atoms with E-state index in [-0.39, 0.29) is 64.0 Å². The van der Waals surface area contributed by atoms with Gasteiger partial charge in [0.1, 0.15) is 8.07 Å². The number of rotatable bonds is 4. The first-order valence-electron chi connectivity index (χ1n) is 11.6. The van der Waals surface area contributed by atoms with Crippen LogP contribution in [0.4, 0.5) is 0 Å². The number of aryl methyl sites for hydroxylation is 4. The van der Waals surface area contributed by atoms with Crippen LogP contribution in [0.2, 0.25) is 5.04 Å². The molecule has 36 heavy (non-hydrogen) atoms. The summed E-state index contributed by atoms with van der Waals surface area (Å²) in [6.45, 7) is 18.2. The van der Waals surface area contributed by atoms with Gasteiger partial charge in [-0.2, -0.15) is 11.1 Å². The van der Waals surface area contributed by atoms with E-state index in [4.69, 9.17) is 0 Å². The maximum atomic E-state index is 4.05. The third kappa shape index (κ3) is 5.68. The second-order valence-corrected chi connectivity index (χ2v) is 14.2. The van der Waals surface area contributed by atoms with Crippen molar-refractivity contribution in [3.8, 4) is 0 Å². The Bertz CT molecular complexity index is 1210. The maximum absolute atomic E-state index is 4.05. The monoisotopic (exact) mass is 588 g/mol. The number of hydrogen-bond donors (Lipinski definition) is 0. The van der Waals surface area contributed by atoms with Crippen LogP contribution in [0.15, 0.2) is 83.4 Å². The molecule has 1 unspecified atom stereocenters. The van der Waals surface area contributed by atoms with Crippen molar-refractivity contribution >= 4 is 23.6 Å². The quantitative estimate of drug-likeness (QED) is 0.176. The van der Waals surface area contributed by atoms with Crippen LogP contribution in [0, 0.1) is 33.8 Å². The molecule has 0 fully saturated rings. The van der Waals surface area contributed by atoms with Gasteiger partial charge in [-0.25, -0.2) is 5.57 Å². The van der Waals surface area contributed by atoms with E-state index in [1.54, 1.807) is 0 Å². The molecule has 0 heterocycles. The van der Waals surface area contributed by atoms with E-state index in [0.29, 0.717) is 0 Å². The zero-order valence-electron chi connectivity index (χ0n) is 22.5. The summed E-state index contributed by atoms with van der Waals surface area (Å²) in [4.78, 5) is 0. The molecule has 0 saturated carbocycles. The number of halogens is 3. The summed E-state index contributed by atoms with van der Waals surface area (Å²) >= 11 is 0. The van der Waals surface area contributed by atoms with Crippen molar-refractivity contribution in [1.29, 1.82) is 0 Å². The van der Waals surface area contributed by atoms with Crippen LogP contribution in [-0.4, -0.2) is 8.07 Å². The first kappa shape index (κ1) is 34.9. The van der Waals surface area contributed by atoms with Crippen LogP contribution in [0.25, 0.3) is 0 Å². The number of allylic oxidation sites excluding steroid dienone is 4. The summed E-state index contributed by atoms with van der Waals surface area (Å²) in [5.74, 6) is 0. The van der Waals surface area contributed by atoms with Crippen molar-refractivity contribution in [3.05, 3.63) is 112 Å². The van der Waals surface area contributed by atoms with Crippen molar-refractivity contribution < 1.29 is 58.9 Å². The van der Waals surface area contributed by atoms with E-state index in [9.17, 15) is 0 Å². The van der Waals surface area contributed by atoms with E-state index in [2.05, 4.69) is 128 Å². The van der Waals surface area contributed by atoms with Gasteiger partial charge < -0.3 is 37.2 Å². The molecule has 1 aliphatic carbocycles. The number of hydrogen-bond acceptors (Lipinski definition) is 0. The molecule has 0 aliphatic heterocycles. The van der Waals surface area contributed by atoms with Crippen LogP contribution >= 0.6 is 0 Å². The van der Waals surface area contributed by atoms with E-state index >= 15 is 0 Å². The van der Waals surface area contributed by atoms with Gasteiger partial charge in [-0.1, -0.05) is 115 Å². The van der Waals surface area contributed by atoms with Crippen LogP contribution in [-0.2, 0) is 21.7 Å². The van der Waals surface area contributed by atoms with Crippen LogP contribution in [0.3, 0.4) is 0 Å². The van der Waals surface area contributed by atoms with Crippen LogP contribution in [0.5, 0.6) is 0 Å². The SMILES string of the molecule is CC1=[C-]C(C)([Si](c2cccc(C)c2)(c2cccc(C)c2)c2cc(C)cc(C)c2)C(C)=C1C.[Cl-].[Cl-].[Cl-].[Ti+4]. The Morgan fingerprint density at radius 3 is 1.36 bits per heavy atom. The molecule has 4 rings (SSSR count). The molecule has 1 atom stereocenters. The van der Waals surface area contributed by atoms with Crippen molar-refractivity contribution in [1.82, 2.24) is 0 Å². The Balaban J connectivity index is 0.00000306. The summed E-state index contributed by atoms with van der Waals surface area (Å²) in [6.07, 6.45) is 4.05. The molecule has 1 aliphatic rings. The van der Waals surface area contributed by atoms with Crippen LogP contribution in [0.1, 0.15) is 49.9 Å². The first-order valence-corrected chi connectivity index (χ1v) is 13.6. The second-order valence-electron chi connectivity index (χ2n) is 9.99. The van der Waals surface area contributed by atoms with E-state index in [0.717, 1.165) is 0 Å². The number of benzene rings is 3. The fraction of sp³-hybridized carbons (Fsp3) is 0.290. The molecule has 188 valence electrons. The normalized spacial score (nSPS) is 16.7. The van der Waals surface area contributed by atoms with Crippen molar-refractivity contribution in [2.75, 3.05) is 0 Å². The minimum Gasteiger partial charge on any atom is -1.00 e. The fourth-order valence-corrected chi connectivity index (χ4v) is 12.2. The summed E-state index contributed by atoms with van der Waals surface area (Å²) < 4.78 is 0. The molecule has 0 amide bonds. The standard InChI is InChI=1S/C31H35Si.3ClH.Ti/c1-21-11-9-13-28(16-21)32(29-14-10-12-22(2)17-29,30-18-23(3)15-24(4)19-30)31(8)20-25(5)26(6)27(31)7;;;;/h9-19H,1-8H3;3*1H;/q-1;;;;+4/p-3. The first-order chi connectivity index (χ1) is 15.1. The van der Waals surface area contributed by atoms with Gasteiger partial charge in [-0.05, 0) is 43.3 Å². The zero-order chi connectivity index (χ0) is 23.3. The average Bonchev–Trinajstić information content (AvgIpc) is 2.91. The molecule has 5 heteroatoms. The fourth-order valence-electron chi connectivity index (χ4n) is 5.91. The van der Waals surface area contributed by atoms with E-state index in [1.807, 2.05) is 0 Å². The topological polar surface area (TPSA) is 0 Å². The summed E-state index contributed by atoms with van der Waals surface area (Å²) in [6, 6.07) is 25.8. The predicted molar refractivity (Wildman–Crippen MR) is 142 cm³/mol. The Labute approximate surface area is 253 Å². The molecule has 3 aromatic carbocycles. The predicted octanol–water partition coefficient (Wildman–Crippen LogP) is -2.74. The minimum absolute atomic E-state index is 0. The third-order valence-corrected chi connectivity index (χ3v) is 13.1. The maximum Gasteiger partial charge on any atom is 4.00 e. The smallest absolute Gasteiger partial charge is 1.00 e. The van der Waals surface area contributed by atoms with Crippen molar-refractivity contribution in [2.24, 2.45) is 0 Å². The van der Waals surface area contributed by atoms with Gasteiger partial charge in [-0.15, -0.1) is 6.92 Å². The van der Waals surface area contributed by atoms with Gasteiger partial charge >= 0.3 is 21.7 Å². The van der Waals surface area contributed by atoms with E-state index in [1.165, 1.54) is 54.5 Å². The largest absolute Gasteiger partial charge is 4.00 e. The Kier molecular flexibility index (Phi) is 12.8. The molecular formula is C31H35Cl3SiTi. The molecule has 0 nitrogen and oxygen atoms in total. The Hall–Kier alpha value is -1.06. The Morgan fingerprint density at radius 2 is 1.00 bits per heavy atom. The van der Waals surface area contributed by atoms with Gasteiger partial charge in [-0.3, -0.25) is 6.08 Å². The van der Waals surface area contributed by atoms with Crippen LogP contribution < -0.4 is 52.8 Å². The molecule has 0 radical (unpaired) electrons. The molecule has 0 N–H and O–H groups in total. The average molecular weight is 590 g/mol. The molecular weight excluding hydrogens is 555 g/mol. The summed E-state index contributed by atoms with van der Waals surface area (Å²) in [5, 5.41) is 4.22. The summed E-state index contributed by atoms with van der Waals surface area (Å²) in [5.41, 5.74) is 9.45. The Morgan fingerprint density at radius 1 is 0.583 bits per heavy atom. The third-order valence-electron chi connectivity index (χ3n) is 7.62. The molecule has 3 aromatic rings. The van der Waals surface area contributed by atoms with Crippen molar-refractivity contribution in [2.45, 2.75) is 60.4 Å². The van der Waals surface area contributed by atoms with Crippen molar-refractivity contribution in [3.63, 3.8) is 0 Å². The van der Waals surface area contributed by atoms with Gasteiger partial charge in [0.15, 0.2) is 0 Å². The summed E-state index contributed by atoms with van der Waals surface area (Å²) in [7, 11) is -2.58. The van der Waals surface area contributed by atoms with Gasteiger partial charge in [0.25, 0.3) is 0 Å².